The molecule has 2 N–H and O–H groups in total. The summed E-state index contributed by atoms with van der Waals surface area (Å²) >= 11 is 0. The lowest BCUT2D eigenvalue weighted by Crippen LogP contribution is -2.25. The molecule has 0 saturated carbocycles. The van der Waals surface area contributed by atoms with Crippen LogP contribution in [0.1, 0.15) is 0 Å². The number of anilines is 1. The molecule has 0 amide bonds. The van der Waals surface area contributed by atoms with Gasteiger partial charge in [-0.15, -0.1) is 0 Å². The van der Waals surface area contributed by atoms with Crippen molar-refractivity contribution in [2.24, 2.45) is 0 Å². The van der Waals surface area contributed by atoms with Crippen LogP contribution in [0.2, 0.25) is 0 Å². The first-order valence-electron chi connectivity index (χ1n) is 9.07. The third kappa shape index (κ3) is 3.64. The normalized spacial score (nSPS) is 19.5. The first-order valence-corrected chi connectivity index (χ1v) is 9.07. The number of aliphatic hydroxyl groups is 1. The second kappa shape index (κ2) is 8.09. The summed E-state index contributed by atoms with van der Waals surface area (Å²) < 4.78 is 16.0. The molecule has 0 unspecified atom stereocenters. The van der Waals surface area contributed by atoms with Crippen molar-refractivity contribution in [2.75, 3.05) is 45.4 Å². The zero-order valence-corrected chi connectivity index (χ0v) is 15.8. The van der Waals surface area contributed by atoms with Crippen LogP contribution in [0.4, 0.5) is 5.82 Å². The van der Waals surface area contributed by atoms with E-state index >= 15 is 0 Å². The number of ether oxygens (including phenoxy) is 3. The van der Waals surface area contributed by atoms with E-state index in [-0.39, 0.29) is 6.10 Å². The standard InChI is InChI=1S/C19H23N5O4/c1-26-5-6-28-12-3-4-14-13(7-12)19(23-22-14)15-8-18(21-11-20-15)24-9-16(25)17(10-24)27-2/h3-4,7-8,11,16-17,25H,5-6,9-10H2,1-2H3,(H,22,23)/t16-,17-/m0/s1. The van der Waals surface area contributed by atoms with Gasteiger partial charge in [-0.2, -0.15) is 5.10 Å². The highest BCUT2D eigenvalue weighted by molar-refractivity contribution is 5.93. The van der Waals surface area contributed by atoms with Gasteiger partial charge < -0.3 is 24.2 Å². The SMILES string of the molecule is COCCOc1ccc2[nH]nc(-c3cc(N4C[C@H](OC)[C@@H](O)C4)ncn3)c2c1. The number of hydrogen-bond acceptors (Lipinski definition) is 8. The van der Waals surface area contributed by atoms with Crippen molar-refractivity contribution >= 4 is 16.7 Å². The molecule has 2 aromatic heterocycles. The highest BCUT2D eigenvalue weighted by atomic mass is 16.5. The van der Waals surface area contributed by atoms with Gasteiger partial charge in [-0.1, -0.05) is 0 Å². The number of nitrogens with one attached hydrogen (secondary N) is 1. The molecule has 1 aliphatic rings. The Balaban J connectivity index is 1.62. The van der Waals surface area contributed by atoms with E-state index in [0.29, 0.717) is 32.0 Å². The third-order valence-corrected chi connectivity index (χ3v) is 4.85. The number of aromatic nitrogens is 4. The molecule has 3 heterocycles. The summed E-state index contributed by atoms with van der Waals surface area (Å²) in [6.07, 6.45) is 0.745. The summed E-state index contributed by atoms with van der Waals surface area (Å²) in [6, 6.07) is 7.63. The molecule has 1 aliphatic heterocycles. The molecule has 2 atom stereocenters. The Labute approximate surface area is 162 Å². The number of rotatable bonds is 7. The van der Waals surface area contributed by atoms with Crippen LogP contribution in [0.3, 0.4) is 0 Å². The zero-order valence-electron chi connectivity index (χ0n) is 15.8. The molecule has 0 aliphatic carbocycles. The number of H-pyrrole nitrogens is 1. The summed E-state index contributed by atoms with van der Waals surface area (Å²) in [7, 11) is 3.24. The molecule has 9 heteroatoms. The average Bonchev–Trinajstić information content (AvgIpc) is 3.31. The molecule has 1 saturated heterocycles. The molecule has 0 radical (unpaired) electrons. The molecule has 28 heavy (non-hydrogen) atoms. The molecule has 0 spiro atoms. The van der Waals surface area contributed by atoms with Crippen LogP contribution < -0.4 is 9.64 Å². The van der Waals surface area contributed by atoms with Crippen molar-refractivity contribution in [2.45, 2.75) is 12.2 Å². The van der Waals surface area contributed by atoms with Crippen LogP contribution in [0.25, 0.3) is 22.3 Å². The van der Waals surface area contributed by atoms with E-state index in [1.54, 1.807) is 14.2 Å². The lowest BCUT2D eigenvalue weighted by molar-refractivity contribution is 0.0217. The van der Waals surface area contributed by atoms with Gasteiger partial charge in [-0.05, 0) is 18.2 Å². The molecule has 0 bridgehead atoms. The molecule has 1 aromatic carbocycles. The van der Waals surface area contributed by atoms with Gasteiger partial charge in [0, 0.05) is 38.8 Å². The number of fused-ring (bicyclic) bond motifs is 1. The van der Waals surface area contributed by atoms with Crippen LogP contribution in [-0.4, -0.2) is 78.0 Å². The van der Waals surface area contributed by atoms with Crippen molar-refractivity contribution < 1.29 is 19.3 Å². The number of benzene rings is 1. The van der Waals surface area contributed by atoms with Gasteiger partial charge in [-0.25, -0.2) is 9.97 Å². The number of nitrogens with zero attached hydrogens (tertiary/aromatic N) is 4. The van der Waals surface area contributed by atoms with Crippen molar-refractivity contribution in [3.05, 3.63) is 30.6 Å². The van der Waals surface area contributed by atoms with Crippen molar-refractivity contribution in [3.8, 4) is 17.1 Å². The maximum atomic E-state index is 10.1. The van der Waals surface area contributed by atoms with Gasteiger partial charge in [0.05, 0.1) is 23.9 Å². The van der Waals surface area contributed by atoms with Gasteiger partial charge in [0.25, 0.3) is 0 Å². The molecule has 9 nitrogen and oxygen atoms in total. The molecule has 148 valence electrons. The molecule has 3 aromatic rings. The fourth-order valence-electron chi connectivity index (χ4n) is 3.35. The Kier molecular flexibility index (Phi) is 5.38. The molecule has 1 fully saturated rings. The van der Waals surface area contributed by atoms with Crippen molar-refractivity contribution in [1.82, 2.24) is 20.2 Å². The Morgan fingerprint density at radius 2 is 2.07 bits per heavy atom. The van der Waals surface area contributed by atoms with Gasteiger partial charge in [0.15, 0.2) is 0 Å². The number of aromatic amines is 1. The summed E-state index contributed by atoms with van der Waals surface area (Å²) in [5.74, 6) is 1.47. The Morgan fingerprint density at radius 1 is 1.18 bits per heavy atom. The van der Waals surface area contributed by atoms with Gasteiger partial charge in [0.1, 0.15) is 36.3 Å². The fourth-order valence-corrected chi connectivity index (χ4v) is 3.35. The van der Waals surface area contributed by atoms with E-state index in [1.807, 2.05) is 29.2 Å². The predicted octanol–water partition coefficient (Wildman–Crippen LogP) is 1.24. The minimum Gasteiger partial charge on any atom is -0.491 e. The van der Waals surface area contributed by atoms with Crippen LogP contribution >= 0.6 is 0 Å². The van der Waals surface area contributed by atoms with Crippen molar-refractivity contribution in [3.63, 3.8) is 0 Å². The third-order valence-electron chi connectivity index (χ3n) is 4.85. The highest BCUT2D eigenvalue weighted by Crippen LogP contribution is 2.30. The summed E-state index contributed by atoms with van der Waals surface area (Å²) in [4.78, 5) is 10.7. The first-order chi connectivity index (χ1) is 13.7. The second-order valence-electron chi connectivity index (χ2n) is 6.63. The number of β-amino-alcohol motifs (C(OH)–C–C–N with tert-alkyl or cyclic N) is 1. The number of methoxy groups -OCH3 is 2. The van der Waals surface area contributed by atoms with Crippen LogP contribution in [0.5, 0.6) is 5.75 Å². The lowest BCUT2D eigenvalue weighted by Gasteiger charge is -2.16. The maximum absolute atomic E-state index is 10.1. The average molecular weight is 385 g/mol. The zero-order chi connectivity index (χ0) is 19.5. The van der Waals surface area contributed by atoms with E-state index < -0.39 is 6.10 Å². The smallest absolute Gasteiger partial charge is 0.132 e. The van der Waals surface area contributed by atoms with E-state index in [0.717, 1.165) is 28.2 Å². The summed E-state index contributed by atoms with van der Waals surface area (Å²) in [5, 5.41) is 18.5. The Hall–Kier alpha value is -2.75. The Morgan fingerprint density at radius 3 is 2.86 bits per heavy atom. The number of hydrogen-bond donors (Lipinski definition) is 2. The fraction of sp³-hybridized carbons (Fsp3) is 0.421. The van der Waals surface area contributed by atoms with Crippen molar-refractivity contribution in [1.29, 1.82) is 0 Å². The molecule has 4 rings (SSSR count). The van der Waals surface area contributed by atoms with Gasteiger partial charge >= 0.3 is 0 Å². The summed E-state index contributed by atoms with van der Waals surface area (Å²) in [5.41, 5.74) is 2.31. The predicted molar refractivity (Wildman–Crippen MR) is 104 cm³/mol. The van der Waals surface area contributed by atoms with Crippen LogP contribution in [0.15, 0.2) is 30.6 Å². The lowest BCUT2D eigenvalue weighted by atomic mass is 10.1. The Bertz CT molecular complexity index is 947. The van der Waals surface area contributed by atoms with Gasteiger partial charge in [0.2, 0.25) is 0 Å². The second-order valence-corrected chi connectivity index (χ2v) is 6.63. The van der Waals surface area contributed by atoms with E-state index in [4.69, 9.17) is 14.2 Å². The highest BCUT2D eigenvalue weighted by Gasteiger charge is 2.32. The quantitative estimate of drug-likeness (QED) is 0.585. The van der Waals surface area contributed by atoms with Crippen LogP contribution in [-0.2, 0) is 9.47 Å². The van der Waals surface area contributed by atoms with E-state index in [2.05, 4.69) is 20.2 Å². The van der Waals surface area contributed by atoms with Gasteiger partial charge in [-0.3, -0.25) is 5.10 Å². The topological polar surface area (TPSA) is 106 Å². The largest absolute Gasteiger partial charge is 0.491 e. The summed E-state index contributed by atoms with van der Waals surface area (Å²) in [6.45, 7) is 2.04. The van der Waals surface area contributed by atoms with E-state index in [9.17, 15) is 5.11 Å². The minimum absolute atomic E-state index is 0.226. The molecular formula is C19H23N5O4. The van der Waals surface area contributed by atoms with Crippen LogP contribution in [0, 0.1) is 0 Å². The minimum atomic E-state index is -0.540. The van der Waals surface area contributed by atoms with E-state index in [1.165, 1.54) is 6.33 Å². The first kappa shape index (κ1) is 18.6. The molecular weight excluding hydrogens is 362 g/mol. The number of aliphatic hydroxyl groups excluding tert-OH is 1. The monoisotopic (exact) mass is 385 g/mol. The maximum Gasteiger partial charge on any atom is 0.132 e.